The molecule has 0 aliphatic carbocycles. The minimum absolute atomic E-state index is 0.633. The molecule has 6 aromatic rings. The fourth-order valence-corrected chi connectivity index (χ4v) is 5.09. The van der Waals surface area contributed by atoms with Crippen molar-refractivity contribution in [2.24, 2.45) is 0 Å². The van der Waals surface area contributed by atoms with Gasteiger partial charge in [-0.2, -0.15) is 5.21 Å². The van der Waals surface area contributed by atoms with Gasteiger partial charge in [0.2, 0.25) is 0 Å². The Balaban J connectivity index is 1.53. The lowest BCUT2D eigenvalue weighted by atomic mass is 9.95. The van der Waals surface area contributed by atoms with Crippen LogP contribution in [0.3, 0.4) is 0 Å². The molecule has 4 aromatic carbocycles. The first-order valence-electron chi connectivity index (χ1n) is 12.6. The third kappa shape index (κ3) is 4.47. The molecule has 2 heterocycles. The van der Waals surface area contributed by atoms with Crippen LogP contribution in [0.4, 0.5) is 0 Å². The molecule has 0 spiro atoms. The van der Waals surface area contributed by atoms with Gasteiger partial charge in [-0.15, -0.1) is 10.2 Å². The van der Waals surface area contributed by atoms with E-state index in [-0.39, 0.29) is 0 Å². The molecule has 2 aromatic heterocycles. The zero-order valence-corrected chi connectivity index (χ0v) is 20.7. The van der Waals surface area contributed by atoms with Crippen molar-refractivity contribution in [1.29, 1.82) is 0 Å². The first kappa shape index (κ1) is 22.7. The SMILES string of the molecule is CCn1c(-c2ccccc2-c2cccc(Cc3nn[nH]n3)c2)cc(-c2ccccc2)c1-c1ccccc1. The molecular formula is C32H27N5. The predicted molar refractivity (Wildman–Crippen MR) is 149 cm³/mol. The summed E-state index contributed by atoms with van der Waals surface area (Å²) >= 11 is 0. The van der Waals surface area contributed by atoms with Gasteiger partial charge in [0.1, 0.15) is 0 Å². The average molecular weight is 482 g/mol. The summed E-state index contributed by atoms with van der Waals surface area (Å²) < 4.78 is 2.44. The van der Waals surface area contributed by atoms with Gasteiger partial charge in [0.15, 0.2) is 5.82 Å². The summed E-state index contributed by atoms with van der Waals surface area (Å²) in [5, 5.41) is 14.5. The van der Waals surface area contributed by atoms with Gasteiger partial charge in [-0.25, -0.2) is 0 Å². The van der Waals surface area contributed by atoms with Crippen molar-refractivity contribution in [1.82, 2.24) is 25.2 Å². The normalized spacial score (nSPS) is 11.1. The fourth-order valence-electron chi connectivity index (χ4n) is 5.09. The molecule has 0 unspecified atom stereocenters. The molecule has 0 aliphatic heterocycles. The van der Waals surface area contributed by atoms with Gasteiger partial charge in [0.05, 0.1) is 5.69 Å². The molecule has 5 heteroatoms. The second-order valence-electron chi connectivity index (χ2n) is 9.02. The Morgan fingerprint density at radius 3 is 2.03 bits per heavy atom. The molecule has 0 amide bonds. The Kier molecular flexibility index (Phi) is 6.17. The molecule has 0 aliphatic rings. The van der Waals surface area contributed by atoms with E-state index in [4.69, 9.17) is 0 Å². The van der Waals surface area contributed by atoms with Crippen LogP contribution in [0.25, 0.3) is 44.8 Å². The van der Waals surface area contributed by atoms with Gasteiger partial charge in [0, 0.05) is 29.8 Å². The van der Waals surface area contributed by atoms with E-state index in [0.717, 1.165) is 12.1 Å². The maximum Gasteiger partial charge on any atom is 0.178 e. The van der Waals surface area contributed by atoms with Crippen LogP contribution in [0.5, 0.6) is 0 Å². The number of aromatic nitrogens is 5. The monoisotopic (exact) mass is 481 g/mol. The number of hydrogen-bond donors (Lipinski definition) is 1. The highest BCUT2D eigenvalue weighted by atomic mass is 15.5. The average Bonchev–Trinajstić information content (AvgIpc) is 3.62. The van der Waals surface area contributed by atoms with Crippen LogP contribution in [0.2, 0.25) is 0 Å². The number of benzene rings is 4. The van der Waals surface area contributed by atoms with Crippen LogP contribution in [0, 0.1) is 0 Å². The highest BCUT2D eigenvalue weighted by molar-refractivity contribution is 5.91. The molecule has 0 saturated heterocycles. The molecule has 5 nitrogen and oxygen atoms in total. The quantitative estimate of drug-likeness (QED) is 0.261. The van der Waals surface area contributed by atoms with Gasteiger partial charge in [-0.3, -0.25) is 0 Å². The largest absolute Gasteiger partial charge is 0.340 e. The maximum absolute atomic E-state index is 4.12. The molecule has 0 saturated carbocycles. The van der Waals surface area contributed by atoms with E-state index in [9.17, 15) is 0 Å². The lowest BCUT2D eigenvalue weighted by Crippen LogP contribution is -2.01. The second-order valence-corrected chi connectivity index (χ2v) is 9.02. The van der Waals surface area contributed by atoms with Crippen LogP contribution in [0.1, 0.15) is 18.3 Å². The van der Waals surface area contributed by atoms with Crippen molar-refractivity contribution in [3.63, 3.8) is 0 Å². The maximum atomic E-state index is 4.12. The summed E-state index contributed by atoms with van der Waals surface area (Å²) in [6.45, 7) is 3.08. The van der Waals surface area contributed by atoms with Crippen molar-refractivity contribution in [3.05, 3.63) is 127 Å². The molecule has 1 N–H and O–H groups in total. The van der Waals surface area contributed by atoms with E-state index >= 15 is 0 Å². The van der Waals surface area contributed by atoms with Gasteiger partial charge in [-0.1, -0.05) is 114 Å². The molecule has 6 rings (SSSR count). The smallest absolute Gasteiger partial charge is 0.178 e. The molecule has 0 radical (unpaired) electrons. The third-order valence-electron chi connectivity index (χ3n) is 6.74. The van der Waals surface area contributed by atoms with E-state index in [1.165, 1.54) is 44.8 Å². The fraction of sp³-hybridized carbons (Fsp3) is 0.0938. The van der Waals surface area contributed by atoms with Crippen molar-refractivity contribution >= 4 is 0 Å². The lowest BCUT2D eigenvalue weighted by Gasteiger charge is -2.16. The summed E-state index contributed by atoms with van der Waals surface area (Å²) in [6.07, 6.45) is 0.633. The number of hydrogen-bond acceptors (Lipinski definition) is 3. The van der Waals surface area contributed by atoms with Gasteiger partial charge in [0.25, 0.3) is 0 Å². The van der Waals surface area contributed by atoms with Crippen LogP contribution >= 0.6 is 0 Å². The van der Waals surface area contributed by atoms with Crippen molar-refractivity contribution in [2.75, 3.05) is 0 Å². The van der Waals surface area contributed by atoms with E-state index in [2.05, 4.69) is 147 Å². The van der Waals surface area contributed by atoms with Crippen LogP contribution < -0.4 is 0 Å². The minimum Gasteiger partial charge on any atom is -0.340 e. The van der Waals surface area contributed by atoms with Gasteiger partial charge >= 0.3 is 0 Å². The number of tetrazole rings is 1. The Labute approximate surface area is 216 Å². The first-order chi connectivity index (χ1) is 18.3. The van der Waals surface area contributed by atoms with E-state index < -0.39 is 0 Å². The Morgan fingerprint density at radius 1 is 0.649 bits per heavy atom. The summed E-state index contributed by atoms with van der Waals surface area (Å²) in [7, 11) is 0. The first-order valence-corrected chi connectivity index (χ1v) is 12.6. The van der Waals surface area contributed by atoms with Crippen LogP contribution in [-0.4, -0.2) is 25.2 Å². The van der Waals surface area contributed by atoms with E-state index in [0.29, 0.717) is 12.2 Å². The second kappa shape index (κ2) is 10.1. The molecule has 0 bridgehead atoms. The molecule has 37 heavy (non-hydrogen) atoms. The van der Waals surface area contributed by atoms with Crippen LogP contribution in [0.15, 0.2) is 115 Å². The van der Waals surface area contributed by atoms with Gasteiger partial charge < -0.3 is 4.57 Å². The summed E-state index contributed by atoms with van der Waals surface area (Å²) in [4.78, 5) is 0. The highest BCUT2D eigenvalue weighted by Gasteiger charge is 2.20. The number of nitrogens with zero attached hydrogens (tertiary/aromatic N) is 4. The van der Waals surface area contributed by atoms with E-state index in [1.807, 2.05) is 0 Å². The molecular weight excluding hydrogens is 454 g/mol. The van der Waals surface area contributed by atoms with Crippen LogP contribution in [-0.2, 0) is 13.0 Å². The molecule has 0 atom stereocenters. The van der Waals surface area contributed by atoms with E-state index in [1.54, 1.807) is 0 Å². The van der Waals surface area contributed by atoms with Crippen molar-refractivity contribution in [3.8, 4) is 44.8 Å². The topological polar surface area (TPSA) is 59.4 Å². The summed E-state index contributed by atoms with van der Waals surface area (Å²) in [5.41, 5.74) is 10.8. The van der Waals surface area contributed by atoms with Crippen molar-refractivity contribution < 1.29 is 0 Å². The number of aromatic amines is 1. The number of H-pyrrole nitrogens is 1. The molecule has 180 valence electrons. The summed E-state index contributed by atoms with van der Waals surface area (Å²) in [6, 6.07) is 41.0. The zero-order valence-electron chi connectivity index (χ0n) is 20.7. The Bertz CT molecular complexity index is 1620. The number of rotatable bonds is 7. The van der Waals surface area contributed by atoms with Crippen molar-refractivity contribution in [2.45, 2.75) is 19.9 Å². The van der Waals surface area contributed by atoms with Gasteiger partial charge in [-0.05, 0) is 40.8 Å². The molecule has 0 fully saturated rings. The zero-order chi connectivity index (χ0) is 25.0. The lowest BCUT2D eigenvalue weighted by molar-refractivity contribution is 0.785. The third-order valence-corrected chi connectivity index (χ3v) is 6.74. The number of nitrogens with one attached hydrogen (secondary N) is 1. The highest BCUT2D eigenvalue weighted by Crippen LogP contribution is 2.41. The Hall–Kier alpha value is -4.77. The predicted octanol–water partition coefficient (Wildman–Crippen LogP) is 7.28. The Morgan fingerprint density at radius 2 is 1.32 bits per heavy atom. The summed E-state index contributed by atoms with van der Waals surface area (Å²) in [5.74, 6) is 0.685. The standard InChI is InChI=1S/C32H27N5/c1-2-37-30(22-29(24-13-5-3-6-14-24)32(37)25-15-7-4-8-16-25)28-19-10-9-18-27(28)26-17-11-12-23(20-26)21-31-33-35-36-34-31/h3-20,22H,2,21H2,1H3,(H,33,34,35,36). The minimum atomic E-state index is 0.633.